The highest BCUT2D eigenvalue weighted by molar-refractivity contribution is 7.80. The lowest BCUT2D eigenvalue weighted by Gasteiger charge is -2.30. The Balaban J connectivity index is 2.06. The van der Waals surface area contributed by atoms with E-state index in [1.54, 1.807) is 0 Å². The maximum atomic E-state index is 5.51. The summed E-state index contributed by atoms with van der Waals surface area (Å²) < 4.78 is 0. The maximum absolute atomic E-state index is 5.51. The lowest BCUT2D eigenvalue weighted by Crippen LogP contribution is -2.36. The van der Waals surface area contributed by atoms with Gasteiger partial charge in [-0.25, -0.2) is 0 Å². The Hall–Kier alpha value is 0.310. The van der Waals surface area contributed by atoms with Crippen LogP contribution >= 0.6 is 12.6 Å². The quantitative estimate of drug-likeness (QED) is 0.485. The molecular formula is C5H11NS. The first-order valence-corrected chi connectivity index (χ1v) is 3.32. The molecule has 1 fully saturated rings. The Labute approximate surface area is 49.7 Å². The van der Waals surface area contributed by atoms with Crippen LogP contribution in [0, 0.1) is 5.92 Å². The van der Waals surface area contributed by atoms with E-state index in [1.807, 2.05) is 0 Å². The number of rotatable bonds is 1. The van der Waals surface area contributed by atoms with Gasteiger partial charge in [0.1, 0.15) is 0 Å². The first kappa shape index (κ1) is 5.45. The van der Waals surface area contributed by atoms with Gasteiger partial charge in [0, 0.05) is 6.04 Å². The summed E-state index contributed by atoms with van der Waals surface area (Å²) in [5.41, 5.74) is 5.51. The molecule has 1 saturated carbocycles. The standard InChI is InChI=1S/C5H11NS/c6-5-1-4(2-5)3-7/h4-5,7H,1-3,6H2/t4-,5+. The van der Waals surface area contributed by atoms with E-state index >= 15 is 0 Å². The highest BCUT2D eigenvalue weighted by Crippen LogP contribution is 2.25. The molecule has 1 nitrogen and oxygen atoms in total. The van der Waals surface area contributed by atoms with Crippen LogP contribution in [0.5, 0.6) is 0 Å². The third-order valence-corrected chi connectivity index (χ3v) is 2.05. The van der Waals surface area contributed by atoms with Crippen LogP contribution in [0.3, 0.4) is 0 Å². The van der Waals surface area contributed by atoms with Gasteiger partial charge in [0.05, 0.1) is 0 Å². The Kier molecular flexibility index (Phi) is 1.60. The summed E-state index contributed by atoms with van der Waals surface area (Å²) in [6.45, 7) is 0. The first-order chi connectivity index (χ1) is 3.33. The fourth-order valence-electron chi connectivity index (χ4n) is 0.936. The van der Waals surface area contributed by atoms with Crippen molar-refractivity contribution in [1.82, 2.24) is 0 Å². The van der Waals surface area contributed by atoms with Crippen molar-refractivity contribution in [2.45, 2.75) is 18.9 Å². The molecule has 1 aliphatic rings. The number of thiol groups is 1. The summed E-state index contributed by atoms with van der Waals surface area (Å²) in [7, 11) is 0. The van der Waals surface area contributed by atoms with E-state index < -0.39 is 0 Å². The minimum atomic E-state index is 0.497. The molecular weight excluding hydrogens is 106 g/mol. The van der Waals surface area contributed by atoms with E-state index in [1.165, 1.54) is 12.8 Å². The number of nitrogens with two attached hydrogens (primary N) is 1. The largest absolute Gasteiger partial charge is 0.328 e. The second-order valence-electron chi connectivity index (χ2n) is 2.28. The van der Waals surface area contributed by atoms with Crippen molar-refractivity contribution >= 4 is 12.6 Å². The molecule has 0 radical (unpaired) electrons. The molecule has 1 rings (SSSR count). The SMILES string of the molecule is N[C@H]1C[C@@H](CS)C1. The molecule has 0 aliphatic heterocycles. The Morgan fingerprint density at radius 1 is 1.57 bits per heavy atom. The van der Waals surface area contributed by atoms with E-state index in [-0.39, 0.29) is 0 Å². The lowest BCUT2D eigenvalue weighted by molar-refractivity contribution is 0.296. The van der Waals surface area contributed by atoms with Gasteiger partial charge in [-0.05, 0) is 24.5 Å². The first-order valence-electron chi connectivity index (χ1n) is 2.69. The molecule has 0 atom stereocenters. The van der Waals surface area contributed by atoms with Crippen molar-refractivity contribution in [3.05, 3.63) is 0 Å². The summed E-state index contributed by atoms with van der Waals surface area (Å²) >= 11 is 4.13. The van der Waals surface area contributed by atoms with Crippen LogP contribution in [0.25, 0.3) is 0 Å². The molecule has 0 unspecified atom stereocenters. The van der Waals surface area contributed by atoms with Crippen LogP contribution in [-0.4, -0.2) is 11.8 Å². The van der Waals surface area contributed by atoms with Crippen LogP contribution < -0.4 is 5.73 Å². The summed E-state index contributed by atoms with van der Waals surface area (Å²) in [6, 6.07) is 0.497. The molecule has 0 heterocycles. The van der Waals surface area contributed by atoms with Crippen LogP contribution in [-0.2, 0) is 0 Å². The summed E-state index contributed by atoms with van der Waals surface area (Å²) in [6.07, 6.45) is 2.40. The smallest absolute Gasteiger partial charge is 0.00447 e. The van der Waals surface area contributed by atoms with Crippen LogP contribution in [0.4, 0.5) is 0 Å². The van der Waals surface area contributed by atoms with Crippen molar-refractivity contribution in [2.24, 2.45) is 11.7 Å². The van der Waals surface area contributed by atoms with Crippen molar-refractivity contribution < 1.29 is 0 Å². The van der Waals surface area contributed by atoms with E-state index in [0.29, 0.717) is 6.04 Å². The molecule has 0 aromatic rings. The van der Waals surface area contributed by atoms with Gasteiger partial charge in [-0.1, -0.05) is 0 Å². The van der Waals surface area contributed by atoms with E-state index in [9.17, 15) is 0 Å². The molecule has 0 saturated heterocycles. The Morgan fingerprint density at radius 2 is 2.14 bits per heavy atom. The van der Waals surface area contributed by atoms with Gasteiger partial charge in [-0.3, -0.25) is 0 Å². The molecule has 0 aromatic heterocycles. The Morgan fingerprint density at radius 3 is 2.29 bits per heavy atom. The average Bonchev–Trinajstić information content (AvgIpc) is 1.58. The van der Waals surface area contributed by atoms with Gasteiger partial charge in [0.15, 0.2) is 0 Å². The maximum Gasteiger partial charge on any atom is 0.00447 e. The average molecular weight is 117 g/mol. The van der Waals surface area contributed by atoms with Gasteiger partial charge in [0.25, 0.3) is 0 Å². The molecule has 0 bridgehead atoms. The van der Waals surface area contributed by atoms with Crippen molar-refractivity contribution in [1.29, 1.82) is 0 Å². The molecule has 0 amide bonds. The van der Waals surface area contributed by atoms with Gasteiger partial charge in [0.2, 0.25) is 0 Å². The van der Waals surface area contributed by atoms with Gasteiger partial charge >= 0.3 is 0 Å². The summed E-state index contributed by atoms with van der Waals surface area (Å²) in [5, 5.41) is 0. The van der Waals surface area contributed by atoms with Crippen LogP contribution in [0.2, 0.25) is 0 Å². The van der Waals surface area contributed by atoms with Gasteiger partial charge in [-0.15, -0.1) is 0 Å². The van der Waals surface area contributed by atoms with Crippen molar-refractivity contribution in [3.63, 3.8) is 0 Å². The van der Waals surface area contributed by atoms with Crippen molar-refractivity contribution in [2.75, 3.05) is 5.75 Å². The number of hydrogen-bond donors (Lipinski definition) is 2. The fraction of sp³-hybridized carbons (Fsp3) is 1.00. The summed E-state index contributed by atoms with van der Waals surface area (Å²) in [5.74, 6) is 1.85. The molecule has 0 spiro atoms. The minimum absolute atomic E-state index is 0.497. The Bertz CT molecular complexity index is 59.1. The van der Waals surface area contributed by atoms with E-state index in [4.69, 9.17) is 5.73 Å². The molecule has 0 aromatic carbocycles. The van der Waals surface area contributed by atoms with E-state index in [0.717, 1.165) is 11.7 Å². The van der Waals surface area contributed by atoms with Crippen LogP contribution in [0.1, 0.15) is 12.8 Å². The molecule has 2 heteroatoms. The zero-order chi connectivity index (χ0) is 5.28. The zero-order valence-corrected chi connectivity index (χ0v) is 5.20. The molecule has 42 valence electrons. The zero-order valence-electron chi connectivity index (χ0n) is 4.30. The molecule has 2 N–H and O–H groups in total. The van der Waals surface area contributed by atoms with Gasteiger partial charge < -0.3 is 5.73 Å². The van der Waals surface area contributed by atoms with Crippen molar-refractivity contribution in [3.8, 4) is 0 Å². The molecule has 1 aliphatic carbocycles. The third-order valence-electron chi connectivity index (χ3n) is 1.53. The highest BCUT2D eigenvalue weighted by Gasteiger charge is 2.23. The fourth-order valence-corrected chi connectivity index (χ4v) is 1.23. The number of hydrogen-bond acceptors (Lipinski definition) is 2. The van der Waals surface area contributed by atoms with Gasteiger partial charge in [-0.2, -0.15) is 12.6 Å². The monoisotopic (exact) mass is 117 g/mol. The summed E-state index contributed by atoms with van der Waals surface area (Å²) in [4.78, 5) is 0. The normalized spacial score (nSPS) is 40.3. The highest BCUT2D eigenvalue weighted by atomic mass is 32.1. The van der Waals surface area contributed by atoms with Crippen LogP contribution in [0.15, 0.2) is 0 Å². The third kappa shape index (κ3) is 1.10. The predicted molar refractivity (Wildman–Crippen MR) is 34.6 cm³/mol. The molecule has 7 heavy (non-hydrogen) atoms. The second-order valence-corrected chi connectivity index (χ2v) is 2.65. The lowest BCUT2D eigenvalue weighted by atomic mass is 9.82. The minimum Gasteiger partial charge on any atom is -0.328 e. The topological polar surface area (TPSA) is 26.0 Å². The van der Waals surface area contributed by atoms with E-state index in [2.05, 4.69) is 12.6 Å². The predicted octanol–water partition coefficient (Wildman–Crippen LogP) is 0.653. The second kappa shape index (κ2) is 2.05.